The Hall–Kier alpha value is -4.08. The first kappa shape index (κ1) is 22.4. The van der Waals surface area contributed by atoms with Gasteiger partial charge in [-0.25, -0.2) is 4.39 Å². The largest absolute Gasteiger partial charge is 0.454 e. The zero-order valence-electron chi connectivity index (χ0n) is 19.8. The molecule has 1 saturated heterocycles. The van der Waals surface area contributed by atoms with E-state index in [1.165, 1.54) is 13.0 Å². The molecule has 0 bridgehead atoms. The maximum absolute atomic E-state index is 15.3. The molecular formula is C26H25FN4O5. The van der Waals surface area contributed by atoms with Gasteiger partial charge in [-0.1, -0.05) is 0 Å². The van der Waals surface area contributed by atoms with Gasteiger partial charge in [0.15, 0.2) is 11.5 Å². The molecule has 0 unspecified atom stereocenters. The molecule has 10 heteroatoms. The minimum atomic E-state index is -0.569. The predicted octanol–water partition coefficient (Wildman–Crippen LogP) is 3.13. The highest BCUT2D eigenvalue weighted by Crippen LogP contribution is 2.38. The van der Waals surface area contributed by atoms with Gasteiger partial charge in [0, 0.05) is 62.5 Å². The molecule has 3 aromatic rings. The molecule has 2 aromatic carbocycles. The maximum atomic E-state index is 15.3. The molecule has 1 aromatic heterocycles. The number of ether oxygens (including phenoxy) is 2. The number of nitrogens with zero attached hydrogens (tertiary/aromatic N) is 3. The molecule has 186 valence electrons. The Balaban J connectivity index is 1.35. The van der Waals surface area contributed by atoms with Crippen molar-refractivity contribution in [3.8, 4) is 11.5 Å². The van der Waals surface area contributed by atoms with Crippen LogP contribution in [-0.2, 0) is 4.79 Å². The summed E-state index contributed by atoms with van der Waals surface area (Å²) in [6.45, 7) is 3.68. The summed E-state index contributed by atoms with van der Waals surface area (Å²) in [5.74, 6) is 0.0125. The van der Waals surface area contributed by atoms with E-state index in [1.807, 2.05) is 9.47 Å². The number of nitrogens with one attached hydrogen (secondary N) is 1. The van der Waals surface area contributed by atoms with E-state index in [-0.39, 0.29) is 29.7 Å². The third kappa shape index (κ3) is 3.92. The molecule has 6 rings (SSSR count). The summed E-state index contributed by atoms with van der Waals surface area (Å²) in [4.78, 5) is 41.8. The van der Waals surface area contributed by atoms with E-state index in [9.17, 15) is 14.4 Å². The smallest absolute Gasteiger partial charge is 0.261 e. The van der Waals surface area contributed by atoms with Crippen LogP contribution in [0.2, 0.25) is 0 Å². The van der Waals surface area contributed by atoms with Crippen molar-refractivity contribution >= 4 is 34.1 Å². The van der Waals surface area contributed by atoms with Crippen molar-refractivity contribution in [2.75, 3.05) is 43.2 Å². The number of piperazine rings is 1. The minimum Gasteiger partial charge on any atom is -0.454 e. The lowest BCUT2D eigenvalue weighted by Crippen LogP contribution is -2.48. The standard InChI is InChI=1S/C26H25FN4O5/c1-15(32)29-6-8-30(9-7-29)22-12-21-18(11-20(22)27)25(33)19(13-31(21)17-3-4-17)26(34)28-16-2-5-23-24(10-16)36-14-35-23/h2,5,10-13,17H,3-4,6-9,14H2,1H3,(H,28,34). The van der Waals surface area contributed by atoms with Crippen LogP contribution >= 0.6 is 0 Å². The number of fused-ring (bicyclic) bond motifs is 2. The van der Waals surface area contributed by atoms with Crippen LogP contribution < -0.4 is 25.1 Å². The zero-order valence-corrected chi connectivity index (χ0v) is 19.8. The second kappa shape index (κ2) is 8.54. The highest BCUT2D eigenvalue weighted by molar-refractivity contribution is 6.06. The van der Waals surface area contributed by atoms with Crippen LogP contribution in [-0.4, -0.2) is 54.3 Å². The Labute approximate surface area is 206 Å². The number of hydrogen-bond donors (Lipinski definition) is 1. The highest BCUT2D eigenvalue weighted by Gasteiger charge is 2.29. The Kier molecular flexibility index (Phi) is 5.31. The fourth-order valence-electron chi connectivity index (χ4n) is 4.85. The molecule has 2 fully saturated rings. The predicted molar refractivity (Wildman–Crippen MR) is 131 cm³/mol. The number of amides is 2. The van der Waals surface area contributed by atoms with E-state index in [0.717, 1.165) is 12.8 Å². The summed E-state index contributed by atoms with van der Waals surface area (Å²) in [6, 6.07) is 8.09. The lowest BCUT2D eigenvalue weighted by molar-refractivity contribution is -0.129. The van der Waals surface area contributed by atoms with E-state index < -0.39 is 17.2 Å². The zero-order chi connectivity index (χ0) is 25.0. The number of halogens is 1. The number of aromatic nitrogens is 1. The Morgan fingerprint density at radius 3 is 2.50 bits per heavy atom. The van der Waals surface area contributed by atoms with Gasteiger partial charge in [-0.3, -0.25) is 14.4 Å². The summed E-state index contributed by atoms with van der Waals surface area (Å²) in [7, 11) is 0. The summed E-state index contributed by atoms with van der Waals surface area (Å²) < 4.78 is 27.9. The molecule has 1 saturated carbocycles. The van der Waals surface area contributed by atoms with Gasteiger partial charge in [0.1, 0.15) is 11.4 Å². The third-order valence-corrected chi connectivity index (χ3v) is 6.98. The summed E-state index contributed by atoms with van der Waals surface area (Å²) in [6.07, 6.45) is 3.43. The van der Waals surface area contributed by atoms with E-state index in [4.69, 9.17) is 9.47 Å². The van der Waals surface area contributed by atoms with Crippen LogP contribution in [0.4, 0.5) is 15.8 Å². The first-order valence-corrected chi connectivity index (χ1v) is 12.0. The molecule has 1 aliphatic carbocycles. The van der Waals surface area contributed by atoms with E-state index in [1.54, 1.807) is 35.4 Å². The van der Waals surface area contributed by atoms with Crippen molar-refractivity contribution in [2.45, 2.75) is 25.8 Å². The van der Waals surface area contributed by atoms with Crippen LogP contribution in [0.25, 0.3) is 10.9 Å². The molecule has 9 nitrogen and oxygen atoms in total. The monoisotopic (exact) mass is 492 g/mol. The average Bonchev–Trinajstić information content (AvgIpc) is 3.61. The summed E-state index contributed by atoms with van der Waals surface area (Å²) >= 11 is 0. The van der Waals surface area contributed by atoms with Gasteiger partial charge >= 0.3 is 0 Å². The number of carbonyl (C=O) groups excluding carboxylic acids is 2. The van der Waals surface area contributed by atoms with Crippen molar-refractivity contribution in [1.29, 1.82) is 0 Å². The van der Waals surface area contributed by atoms with Crippen LogP contribution in [0, 0.1) is 5.82 Å². The highest BCUT2D eigenvalue weighted by atomic mass is 19.1. The lowest BCUT2D eigenvalue weighted by atomic mass is 10.1. The van der Waals surface area contributed by atoms with E-state index in [2.05, 4.69) is 5.32 Å². The normalized spacial score (nSPS) is 16.9. The molecular weight excluding hydrogens is 467 g/mol. The SMILES string of the molecule is CC(=O)N1CCN(c2cc3c(cc2F)c(=O)c(C(=O)Nc2ccc4c(c2)OCO4)cn3C2CC2)CC1. The quantitative estimate of drug-likeness (QED) is 0.602. The van der Waals surface area contributed by atoms with Crippen LogP contribution in [0.5, 0.6) is 11.5 Å². The van der Waals surface area contributed by atoms with Gasteiger partial charge in [-0.2, -0.15) is 0 Å². The number of benzene rings is 2. The molecule has 2 amide bonds. The van der Waals surface area contributed by atoms with Crippen molar-refractivity contribution in [3.05, 3.63) is 58.1 Å². The summed E-state index contributed by atoms with van der Waals surface area (Å²) in [5.41, 5.74) is 0.902. The Morgan fingerprint density at radius 1 is 1.03 bits per heavy atom. The van der Waals surface area contributed by atoms with Crippen molar-refractivity contribution in [1.82, 2.24) is 9.47 Å². The second-order valence-electron chi connectivity index (χ2n) is 9.35. The van der Waals surface area contributed by atoms with Crippen LogP contribution in [0.1, 0.15) is 36.2 Å². The van der Waals surface area contributed by atoms with Gasteiger partial charge < -0.3 is 29.2 Å². The Bertz CT molecular complexity index is 1460. The van der Waals surface area contributed by atoms with E-state index >= 15 is 4.39 Å². The van der Waals surface area contributed by atoms with Crippen molar-refractivity contribution in [2.24, 2.45) is 0 Å². The van der Waals surface area contributed by atoms with Gasteiger partial charge in [-0.05, 0) is 37.1 Å². The van der Waals surface area contributed by atoms with E-state index in [0.29, 0.717) is 54.6 Å². The summed E-state index contributed by atoms with van der Waals surface area (Å²) in [5, 5.41) is 2.92. The van der Waals surface area contributed by atoms with Gasteiger partial charge in [0.25, 0.3) is 5.91 Å². The van der Waals surface area contributed by atoms with Gasteiger partial charge in [-0.15, -0.1) is 0 Å². The molecule has 0 radical (unpaired) electrons. The topological polar surface area (TPSA) is 93.1 Å². The maximum Gasteiger partial charge on any atom is 0.261 e. The molecule has 3 aliphatic rings. The third-order valence-electron chi connectivity index (χ3n) is 6.98. The fraction of sp³-hybridized carbons (Fsp3) is 0.346. The lowest BCUT2D eigenvalue weighted by Gasteiger charge is -2.36. The fourth-order valence-corrected chi connectivity index (χ4v) is 4.85. The number of anilines is 2. The van der Waals surface area contributed by atoms with Crippen molar-refractivity contribution in [3.63, 3.8) is 0 Å². The molecule has 3 heterocycles. The van der Waals surface area contributed by atoms with Crippen molar-refractivity contribution < 1.29 is 23.5 Å². The molecule has 0 atom stereocenters. The Morgan fingerprint density at radius 2 is 1.78 bits per heavy atom. The number of carbonyl (C=O) groups is 2. The van der Waals surface area contributed by atoms with Crippen LogP contribution in [0.3, 0.4) is 0 Å². The van der Waals surface area contributed by atoms with Gasteiger partial charge in [0.05, 0.1) is 11.2 Å². The molecule has 36 heavy (non-hydrogen) atoms. The minimum absolute atomic E-state index is 0.00255. The molecule has 2 aliphatic heterocycles. The second-order valence-corrected chi connectivity index (χ2v) is 9.35. The first-order valence-electron chi connectivity index (χ1n) is 12.0. The number of rotatable bonds is 4. The first-order chi connectivity index (χ1) is 17.4. The number of pyridine rings is 1. The molecule has 0 spiro atoms. The van der Waals surface area contributed by atoms with Crippen LogP contribution in [0.15, 0.2) is 41.3 Å². The molecule has 1 N–H and O–H groups in total. The van der Waals surface area contributed by atoms with Gasteiger partial charge in [0.2, 0.25) is 18.1 Å². The number of hydrogen-bond acceptors (Lipinski definition) is 6. The average molecular weight is 493 g/mol.